The molecule has 0 aliphatic rings. The van der Waals surface area contributed by atoms with Crippen LogP contribution in [0, 0.1) is 3.57 Å². The Bertz CT molecular complexity index is 401. The third-order valence-electron chi connectivity index (χ3n) is 1.65. The molecule has 0 saturated carbocycles. The van der Waals surface area contributed by atoms with E-state index in [0.29, 0.717) is 24.8 Å². The molecule has 0 fully saturated rings. The van der Waals surface area contributed by atoms with Gasteiger partial charge in [-0.05, 0) is 22.6 Å². The predicted molar refractivity (Wildman–Crippen MR) is 61.2 cm³/mol. The van der Waals surface area contributed by atoms with Gasteiger partial charge in [0.25, 0.3) is 0 Å². The Morgan fingerprint density at radius 2 is 2.07 bits per heavy atom. The Labute approximate surface area is 99.7 Å². The summed E-state index contributed by atoms with van der Waals surface area (Å²) in [5.41, 5.74) is 0. The average Bonchev–Trinajstić information content (AvgIpc) is 2.74. The Balaban J connectivity index is 1.81. The maximum absolute atomic E-state index is 4.85. The van der Waals surface area contributed by atoms with E-state index >= 15 is 0 Å². The van der Waals surface area contributed by atoms with E-state index in [9.17, 15) is 0 Å². The number of hydrogen-bond donors (Lipinski definition) is 1. The molecular formula is C8H8IN5O. The van der Waals surface area contributed by atoms with Crippen LogP contribution in [-0.4, -0.2) is 26.7 Å². The van der Waals surface area contributed by atoms with Gasteiger partial charge in [-0.1, -0.05) is 5.16 Å². The van der Waals surface area contributed by atoms with Gasteiger partial charge < -0.3 is 9.84 Å². The van der Waals surface area contributed by atoms with Crippen molar-refractivity contribution in [3.63, 3.8) is 0 Å². The van der Waals surface area contributed by atoms with Crippen LogP contribution in [0.25, 0.3) is 0 Å². The largest absolute Gasteiger partial charge is 0.354 e. The molecule has 0 spiro atoms. The van der Waals surface area contributed by atoms with Gasteiger partial charge in [0.2, 0.25) is 11.8 Å². The SMILES string of the molecule is Ic1cnc(NCCc2ncno2)nc1. The van der Waals surface area contributed by atoms with E-state index in [0.717, 1.165) is 3.57 Å². The van der Waals surface area contributed by atoms with Crippen LogP contribution in [0.4, 0.5) is 5.95 Å². The fourth-order valence-electron chi connectivity index (χ4n) is 0.991. The summed E-state index contributed by atoms with van der Waals surface area (Å²) in [7, 11) is 0. The van der Waals surface area contributed by atoms with Gasteiger partial charge in [0.05, 0.1) is 0 Å². The molecule has 0 bridgehead atoms. The summed E-state index contributed by atoms with van der Waals surface area (Å²) in [6, 6.07) is 0. The van der Waals surface area contributed by atoms with Crippen LogP contribution in [-0.2, 0) is 6.42 Å². The fraction of sp³-hybridized carbons (Fsp3) is 0.250. The molecule has 0 aromatic carbocycles. The molecule has 78 valence electrons. The van der Waals surface area contributed by atoms with Crippen LogP contribution in [0.5, 0.6) is 0 Å². The summed E-state index contributed by atoms with van der Waals surface area (Å²) >= 11 is 2.16. The zero-order chi connectivity index (χ0) is 10.5. The summed E-state index contributed by atoms with van der Waals surface area (Å²) in [6.07, 6.45) is 5.55. The smallest absolute Gasteiger partial charge is 0.228 e. The van der Waals surface area contributed by atoms with Gasteiger partial charge >= 0.3 is 0 Å². The summed E-state index contributed by atoms with van der Waals surface area (Å²) in [5.74, 6) is 1.21. The van der Waals surface area contributed by atoms with Crippen LogP contribution in [0.15, 0.2) is 23.2 Å². The zero-order valence-corrected chi connectivity index (χ0v) is 9.88. The van der Waals surface area contributed by atoms with Crippen molar-refractivity contribution in [1.82, 2.24) is 20.1 Å². The second-order valence-corrected chi connectivity index (χ2v) is 3.98. The van der Waals surface area contributed by atoms with E-state index in [1.54, 1.807) is 12.4 Å². The predicted octanol–water partition coefficient (Wildman–Crippen LogP) is 1.12. The van der Waals surface area contributed by atoms with Crippen LogP contribution in [0.3, 0.4) is 0 Å². The highest BCUT2D eigenvalue weighted by Crippen LogP contribution is 2.02. The first-order valence-corrected chi connectivity index (χ1v) is 5.39. The first kappa shape index (κ1) is 10.3. The third kappa shape index (κ3) is 3.11. The lowest BCUT2D eigenvalue weighted by Gasteiger charge is -2.01. The molecule has 1 N–H and O–H groups in total. The van der Waals surface area contributed by atoms with E-state index in [-0.39, 0.29) is 0 Å². The van der Waals surface area contributed by atoms with Crippen molar-refractivity contribution in [3.05, 3.63) is 28.2 Å². The monoisotopic (exact) mass is 317 g/mol. The Hall–Kier alpha value is -1.25. The van der Waals surface area contributed by atoms with Gasteiger partial charge in [-0.15, -0.1) is 0 Å². The molecule has 2 aromatic heterocycles. The van der Waals surface area contributed by atoms with Crippen molar-refractivity contribution >= 4 is 28.5 Å². The zero-order valence-electron chi connectivity index (χ0n) is 7.72. The molecule has 6 nitrogen and oxygen atoms in total. The molecule has 0 amide bonds. The Kier molecular flexibility index (Phi) is 3.43. The van der Waals surface area contributed by atoms with Gasteiger partial charge in [-0.25, -0.2) is 9.97 Å². The second-order valence-electron chi connectivity index (χ2n) is 2.74. The highest BCUT2D eigenvalue weighted by atomic mass is 127. The maximum atomic E-state index is 4.85. The van der Waals surface area contributed by atoms with Gasteiger partial charge in [-0.2, -0.15) is 4.98 Å². The van der Waals surface area contributed by atoms with Crippen molar-refractivity contribution in [1.29, 1.82) is 0 Å². The number of rotatable bonds is 4. The van der Waals surface area contributed by atoms with Crippen LogP contribution >= 0.6 is 22.6 Å². The molecule has 0 aliphatic carbocycles. The summed E-state index contributed by atoms with van der Waals surface area (Å²) < 4.78 is 5.86. The van der Waals surface area contributed by atoms with Crippen molar-refractivity contribution in [2.75, 3.05) is 11.9 Å². The molecule has 0 aliphatic heterocycles. The van der Waals surface area contributed by atoms with Gasteiger partial charge in [0, 0.05) is 28.9 Å². The number of nitrogens with zero attached hydrogens (tertiary/aromatic N) is 4. The standard InChI is InChI=1S/C8H8IN5O/c9-6-3-11-8(12-4-6)10-2-1-7-13-5-14-15-7/h3-5H,1-2H2,(H,10,11,12). The minimum Gasteiger partial charge on any atom is -0.354 e. The van der Waals surface area contributed by atoms with E-state index in [4.69, 9.17) is 4.52 Å². The maximum Gasteiger partial charge on any atom is 0.228 e. The number of aromatic nitrogens is 4. The van der Waals surface area contributed by atoms with Gasteiger partial charge in [0.15, 0.2) is 6.33 Å². The first-order chi connectivity index (χ1) is 7.34. The van der Waals surface area contributed by atoms with Crippen molar-refractivity contribution in [3.8, 4) is 0 Å². The molecule has 0 saturated heterocycles. The van der Waals surface area contributed by atoms with Crippen molar-refractivity contribution in [2.45, 2.75) is 6.42 Å². The topological polar surface area (TPSA) is 76.7 Å². The Morgan fingerprint density at radius 3 is 2.73 bits per heavy atom. The quantitative estimate of drug-likeness (QED) is 0.852. The van der Waals surface area contributed by atoms with E-state index in [2.05, 4.69) is 48.0 Å². The molecule has 15 heavy (non-hydrogen) atoms. The van der Waals surface area contributed by atoms with E-state index in [1.807, 2.05) is 0 Å². The summed E-state index contributed by atoms with van der Waals surface area (Å²) in [5, 5.41) is 6.57. The van der Waals surface area contributed by atoms with E-state index in [1.165, 1.54) is 6.33 Å². The number of hydrogen-bond acceptors (Lipinski definition) is 6. The molecule has 2 aromatic rings. The highest BCUT2D eigenvalue weighted by molar-refractivity contribution is 14.1. The van der Waals surface area contributed by atoms with Crippen LogP contribution in [0.2, 0.25) is 0 Å². The van der Waals surface area contributed by atoms with Crippen molar-refractivity contribution in [2.24, 2.45) is 0 Å². The first-order valence-electron chi connectivity index (χ1n) is 4.31. The third-order valence-corrected chi connectivity index (χ3v) is 2.21. The number of anilines is 1. The molecule has 0 radical (unpaired) electrons. The van der Waals surface area contributed by atoms with Gasteiger partial charge in [0.1, 0.15) is 0 Å². The normalized spacial score (nSPS) is 10.2. The molecule has 2 rings (SSSR count). The van der Waals surface area contributed by atoms with Gasteiger partial charge in [-0.3, -0.25) is 0 Å². The second kappa shape index (κ2) is 5.01. The fourth-order valence-corrected chi connectivity index (χ4v) is 1.27. The van der Waals surface area contributed by atoms with Crippen molar-refractivity contribution < 1.29 is 4.52 Å². The molecular weight excluding hydrogens is 309 g/mol. The minimum atomic E-state index is 0.605. The Morgan fingerprint density at radius 1 is 1.27 bits per heavy atom. The highest BCUT2D eigenvalue weighted by Gasteiger charge is 1.99. The molecule has 0 atom stereocenters. The lowest BCUT2D eigenvalue weighted by atomic mass is 10.4. The lowest BCUT2D eigenvalue weighted by molar-refractivity contribution is 0.379. The summed E-state index contributed by atoms with van der Waals surface area (Å²) in [4.78, 5) is 12.1. The van der Waals surface area contributed by atoms with Crippen LogP contribution in [0.1, 0.15) is 5.89 Å². The molecule has 7 heteroatoms. The molecule has 0 unspecified atom stereocenters. The number of nitrogens with one attached hydrogen (secondary N) is 1. The lowest BCUT2D eigenvalue weighted by Crippen LogP contribution is -2.07. The molecule has 2 heterocycles. The summed E-state index contributed by atoms with van der Waals surface area (Å²) in [6.45, 7) is 0.669. The minimum absolute atomic E-state index is 0.605. The average molecular weight is 317 g/mol. The van der Waals surface area contributed by atoms with Crippen LogP contribution < -0.4 is 5.32 Å². The van der Waals surface area contributed by atoms with E-state index < -0.39 is 0 Å². The number of halogens is 1.